The number of carbonyl (C=O) groups is 1. The van der Waals surface area contributed by atoms with E-state index in [0.29, 0.717) is 30.8 Å². The van der Waals surface area contributed by atoms with Crippen molar-refractivity contribution in [3.63, 3.8) is 0 Å². The Hall–Kier alpha value is -2.58. The van der Waals surface area contributed by atoms with Gasteiger partial charge in [-0.25, -0.2) is 4.39 Å². The minimum Gasteiger partial charge on any atom is -0.491 e. The van der Waals surface area contributed by atoms with Crippen molar-refractivity contribution in [2.45, 2.75) is 44.3 Å². The highest BCUT2D eigenvalue weighted by Crippen LogP contribution is 2.23. The smallest absolute Gasteiger partial charge is 0.255 e. The average Bonchev–Trinajstić information content (AvgIpc) is 2.74. The predicted octanol–water partition coefficient (Wildman–Crippen LogP) is 1.98. The Labute approximate surface area is 169 Å². The summed E-state index contributed by atoms with van der Waals surface area (Å²) in [6, 6.07) is 5.92. The molecule has 1 aliphatic rings. The third-order valence-corrected chi connectivity index (χ3v) is 5.06. The van der Waals surface area contributed by atoms with Gasteiger partial charge in [-0.15, -0.1) is 0 Å². The van der Waals surface area contributed by atoms with E-state index in [1.54, 1.807) is 17.0 Å². The monoisotopic (exact) mass is 403 g/mol. The van der Waals surface area contributed by atoms with Gasteiger partial charge < -0.3 is 19.8 Å². The fourth-order valence-corrected chi connectivity index (χ4v) is 3.36. The van der Waals surface area contributed by atoms with Gasteiger partial charge >= 0.3 is 0 Å². The van der Waals surface area contributed by atoms with Gasteiger partial charge in [-0.1, -0.05) is 6.42 Å². The van der Waals surface area contributed by atoms with Crippen molar-refractivity contribution in [3.05, 3.63) is 53.6 Å². The predicted molar refractivity (Wildman–Crippen MR) is 104 cm³/mol. The number of aromatic nitrogens is 2. The summed E-state index contributed by atoms with van der Waals surface area (Å²) in [6.07, 6.45) is 4.02. The first kappa shape index (κ1) is 21.1. The van der Waals surface area contributed by atoms with Gasteiger partial charge in [0.1, 0.15) is 24.3 Å². The highest BCUT2D eigenvalue weighted by atomic mass is 19.1. The zero-order chi connectivity index (χ0) is 20.6. The molecule has 2 aromatic rings. The normalized spacial score (nSPS) is 21.6. The van der Waals surface area contributed by atoms with Gasteiger partial charge in [-0.05, 0) is 55.5 Å². The van der Waals surface area contributed by atoms with E-state index < -0.39 is 12.2 Å². The van der Waals surface area contributed by atoms with E-state index >= 15 is 0 Å². The molecule has 3 rings (SSSR count). The molecule has 29 heavy (non-hydrogen) atoms. The van der Waals surface area contributed by atoms with Crippen LogP contribution in [0, 0.1) is 5.82 Å². The lowest BCUT2D eigenvalue weighted by atomic mass is 10.0. The molecule has 0 saturated carbocycles. The second-order valence-corrected chi connectivity index (χ2v) is 7.22. The third kappa shape index (κ3) is 5.95. The lowest BCUT2D eigenvalue weighted by Gasteiger charge is -2.26. The number of hydrogen-bond acceptors (Lipinski definition) is 6. The van der Waals surface area contributed by atoms with Crippen molar-refractivity contribution < 1.29 is 24.1 Å². The summed E-state index contributed by atoms with van der Waals surface area (Å²) in [5.41, 5.74) is 1.17. The van der Waals surface area contributed by atoms with Crippen LogP contribution in [0.4, 0.5) is 4.39 Å². The first-order valence-electron chi connectivity index (χ1n) is 9.88. The van der Waals surface area contributed by atoms with Crippen LogP contribution in [0.1, 0.15) is 41.6 Å². The second-order valence-electron chi connectivity index (χ2n) is 7.22. The van der Waals surface area contributed by atoms with Crippen LogP contribution in [-0.2, 0) is 6.42 Å². The summed E-state index contributed by atoms with van der Waals surface area (Å²) in [4.78, 5) is 14.4. The van der Waals surface area contributed by atoms with Crippen LogP contribution in [0.5, 0.6) is 5.75 Å². The fourth-order valence-electron chi connectivity index (χ4n) is 3.36. The van der Waals surface area contributed by atoms with Gasteiger partial charge in [0.25, 0.3) is 5.91 Å². The first-order chi connectivity index (χ1) is 14.0. The van der Waals surface area contributed by atoms with Crippen molar-refractivity contribution in [2.75, 3.05) is 19.7 Å². The number of ether oxygens (including phenoxy) is 1. The van der Waals surface area contributed by atoms with Crippen molar-refractivity contribution in [1.82, 2.24) is 15.1 Å². The van der Waals surface area contributed by atoms with Crippen LogP contribution in [0.2, 0.25) is 0 Å². The zero-order valence-corrected chi connectivity index (χ0v) is 16.2. The van der Waals surface area contributed by atoms with Crippen LogP contribution >= 0.6 is 0 Å². The Kier molecular flexibility index (Phi) is 7.48. The minimum absolute atomic E-state index is 0.109. The molecule has 1 aromatic carbocycles. The van der Waals surface area contributed by atoms with Crippen LogP contribution in [0.15, 0.2) is 36.7 Å². The van der Waals surface area contributed by atoms with Gasteiger partial charge in [0.15, 0.2) is 0 Å². The van der Waals surface area contributed by atoms with Crippen molar-refractivity contribution in [1.29, 1.82) is 0 Å². The standard InChI is InChI=1S/C21H26FN3O4/c22-17-5-6-20-15(12-17)4-2-1-3-10-25(11-8-18(26)19(27)14-29-20)21(28)16-7-9-23-24-13-16/h5-7,9,12-13,18-19,26-27H,1-4,8,10-11,14H2/t18-,19+/m0/s1. The van der Waals surface area contributed by atoms with Crippen LogP contribution in [0.25, 0.3) is 0 Å². The van der Waals surface area contributed by atoms with Gasteiger partial charge in [-0.2, -0.15) is 10.2 Å². The quantitative estimate of drug-likeness (QED) is 0.756. The first-order valence-corrected chi connectivity index (χ1v) is 9.88. The molecule has 7 nitrogen and oxygen atoms in total. The lowest BCUT2D eigenvalue weighted by Crippen LogP contribution is -2.38. The van der Waals surface area contributed by atoms with Crippen molar-refractivity contribution in [3.8, 4) is 5.75 Å². The molecule has 2 heterocycles. The average molecular weight is 403 g/mol. The van der Waals surface area contributed by atoms with Gasteiger partial charge in [0, 0.05) is 13.1 Å². The molecule has 1 aromatic heterocycles. The molecule has 1 amide bonds. The molecule has 0 fully saturated rings. The number of nitrogens with zero attached hydrogens (tertiary/aromatic N) is 3. The van der Waals surface area contributed by atoms with Crippen molar-refractivity contribution >= 4 is 5.91 Å². The molecule has 156 valence electrons. The molecule has 0 unspecified atom stereocenters. The SMILES string of the molecule is O=C(c1ccnnc1)N1CCCCCc2cc(F)ccc2OC[C@@H](O)[C@@H](O)CC1. The molecule has 0 aliphatic carbocycles. The molecule has 2 N–H and O–H groups in total. The second kappa shape index (κ2) is 10.3. The highest BCUT2D eigenvalue weighted by Gasteiger charge is 2.22. The third-order valence-electron chi connectivity index (χ3n) is 5.06. The van der Waals surface area contributed by atoms with E-state index in [-0.39, 0.29) is 24.8 Å². The maximum absolute atomic E-state index is 13.6. The summed E-state index contributed by atoms with van der Waals surface area (Å²) in [6.45, 7) is 0.722. The Bertz CT molecular complexity index is 806. The molecule has 0 bridgehead atoms. The van der Waals surface area contributed by atoms with Crippen LogP contribution in [0.3, 0.4) is 0 Å². The number of aliphatic hydroxyl groups is 2. The molecule has 0 saturated heterocycles. The summed E-state index contributed by atoms with van der Waals surface area (Å²) in [7, 11) is 0. The van der Waals surface area contributed by atoms with E-state index in [2.05, 4.69) is 10.2 Å². The summed E-state index contributed by atoms with van der Waals surface area (Å²) < 4.78 is 19.3. The van der Waals surface area contributed by atoms with Crippen LogP contribution in [-0.4, -0.2) is 63.1 Å². The molecule has 1 aliphatic heterocycles. The Morgan fingerprint density at radius 1 is 1.10 bits per heavy atom. The van der Waals surface area contributed by atoms with Gasteiger partial charge in [0.2, 0.25) is 0 Å². The number of benzene rings is 1. The largest absolute Gasteiger partial charge is 0.491 e. The number of fused-ring (bicyclic) bond motifs is 1. The molecule has 8 heteroatoms. The van der Waals surface area contributed by atoms with E-state index in [0.717, 1.165) is 24.8 Å². The number of aryl methyl sites for hydroxylation is 1. The molecule has 0 spiro atoms. The molecule has 0 radical (unpaired) electrons. The van der Waals surface area contributed by atoms with Crippen LogP contribution < -0.4 is 4.74 Å². The Morgan fingerprint density at radius 3 is 2.76 bits per heavy atom. The number of carbonyl (C=O) groups excluding carboxylic acids is 1. The minimum atomic E-state index is -1.12. The number of rotatable bonds is 1. The number of aliphatic hydroxyl groups excluding tert-OH is 2. The van der Waals surface area contributed by atoms with Gasteiger partial charge in [-0.3, -0.25) is 4.79 Å². The van der Waals surface area contributed by atoms with E-state index in [1.165, 1.54) is 24.5 Å². The maximum Gasteiger partial charge on any atom is 0.255 e. The molecule has 2 atom stereocenters. The molecular weight excluding hydrogens is 377 g/mol. The lowest BCUT2D eigenvalue weighted by molar-refractivity contribution is -0.0153. The summed E-state index contributed by atoms with van der Waals surface area (Å²) >= 11 is 0. The Morgan fingerprint density at radius 2 is 1.97 bits per heavy atom. The van der Waals surface area contributed by atoms with E-state index in [1.807, 2.05) is 0 Å². The van der Waals surface area contributed by atoms with Gasteiger partial charge in [0.05, 0.1) is 24.1 Å². The number of hydrogen-bond donors (Lipinski definition) is 2. The Balaban J connectivity index is 1.72. The maximum atomic E-state index is 13.6. The number of halogens is 1. The topological polar surface area (TPSA) is 95.8 Å². The summed E-state index contributed by atoms with van der Waals surface area (Å²) in [5.74, 6) is 0.00540. The molecular formula is C21H26FN3O4. The van der Waals surface area contributed by atoms with Crippen molar-refractivity contribution in [2.24, 2.45) is 0 Å². The highest BCUT2D eigenvalue weighted by molar-refractivity contribution is 5.93. The van der Waals surface area contributed by atoms with E-state index in [4.69, 9.17) is 4.74 Å². The fraction of sp³-hybridized carbons (Fsp3) is 0.476. The number of amides is 1. The summed E-state index contributed by atoms with van der Waals surface area (Å²) in [5, 5.41) is 28.0. The zero-order valence-electron chi connectivity index (χ0n) is 16.2. The van der Waals surface area contributed by atoms with E-state index in [9.17, 15) is 19.4 Å².